The van der Waals surface area contributed by atoms with E-state index in [-0.39, 0.29) is 17.7 Å². The first-order chi connectivity index (χ1) is 12.9. The summed E-state index contributed by atoms with van der Waals surface area (Å²) in [5.41, 5.74) is 4.46. The van der Waals surface area contributed by atoms with E-state index in [4.69, 9.17) is 4.74 Å². The van der Waals surface area contributed by atoms with Gasteiger partial charge in [-0.2, -0.15) is 5.10 Å². The van der Waals surface area contributed by atoms with Crippen LogP contribution in [-0.2, 0) is 17.8 Å². The minimum absolute atomic E-state index is 0.00397. The summed E-state index contributed by atoms with van der Waals surface area (Å²) in [6.07, 6.45) is 2.36. The second-order valence-corrected chi connectivity index (χ2v) is 7.27. The Hall–Kier alpha value is -2.63. The molecule has 0 bridgehead atoms. The van der Waals surface area contributed by atoms with Crippen molar-refractivity contribution in [2.45, 2.75) is 59.5 Å². The highest BCUT2D eigenvalue weighted by molar-refractivity contribution is 5.96. The van der Waals surface area contributed by atoms with Gasteiger partial charge in [-0.15, -0.1) is 0 Å². The first-order valence-corrected chi connectivity index (χ1v) is 9.44. The van der Waals surface area contributed by atoms with E-state index in [1.165, 1.54) is 5.56 Å². The summed E-state index contributed by atoms with van der Waals surface area (Å²) in [5.74, 6) is 0.924. The lowest BCUT2D eigenvalue weighted by Crippen LogP contribution is -2.26. The molecule has 0 fully saturated rings. The number of ether oxygens (including phenoxy) is 1. The molecular weight excluding hydrogens is 342 g/mol. The highest BCUT2D eigenvalue weighted by Crippen LogP contribution is 2.25. The molecule has 0 spiro atoms. The van der Waals surface area contributed by atoms with Crippen LogP contribution < -0.4 is 10.1 Å². The molecule has 1 unspecified atom stereocenters. The van der Waals surface area contributed by atoms with Gasteiger partial charge in [0.05, 0.1) is 23.9 Å². The highest BCUT2D eigenvalue weighted by Gasteiger charge is 2.20. The van der Waals surface area contributed by atoms with Crippen LogP contribution in [0.2, 0.25) is 0 Å². The van der Waals surface area contributed by atoms with E-state index in [9.17, 15) is 9.59 Å². The van der Waals surface area contributed by atoms with Crippen LogP contribution in [0.5, 0.6) is 5.75 Å². The molecule has 0 saturated carbocycles. The second kappa shape index (κ2) is 7.94. The number of benzene rings is 1. The maximum absolute atomic E-state index is 12.4. The van der Waals surface area contributed by atoms with E-state index in [0.717, 1.165) is 36.5 Å². The Labute approximate surface area is 159 Å². The van der Waals surface area contributed by atoms with Gasteiger partial charge in [-0.1, -0.05) is 12.1 Å². The van der Waals surface area contributed by atoms with Gasteiger partial charge in [0.15, 0.2) is 5.78 Å². The maximum Gasteiger partial charge on any atom is 0.222 e. The molecule has 2 aromatic rings. The van der Waals surface area contributed by atoms with Crippen molar-refractivity contribution in [2.75, 3.05) is 6.61 Å². The summed E-state index contributed by atoms with van der Waals surface area (Å²) in [6, 6.07) is 5.97. The zero-order chi connectivity index (χ0) is 19.6. The third-order valence-electron chi connectivity index (χ3n) is 5.04. The van der Waals surface area contributed by atoms with E-state index in [1.807, 2.05) is 32.9 Å². The van der Waals surface area contributed by atoms with Crippen LogP contribution in [0, 0.1) is 13.8 Å². The van der Waals surface area contributed by atoms with Crippen LogP contribution in [0.3, 0.4) is 0 Å². The van der Waals surface area contributed by atoms with Crippen LogP contribution in [-0.4, -0.2) is 28.1 Å². The molecule has 144 valence electrons. The molecule has 1 aromatic carbocycles. The van der Waals surface area contributed by atoms with E-state index >= 15 is 0 Å². The number of hydrogen-bond acceptors (Lipinski definition) is 4. The number of aromatic nitrogens is 2. The number of rotatable bonds is 6. The van der Waals surface area contributed by atoms with Crippen LogP contribution in [0.25, 0.3) is 0 Å². The molecule has 1 atom stereocenters. The molecule has 6 nitrogen and oxygen atoms in total. The first kappa shape index (κ1) is 19.1. The molecule has 1 aromatic heterocycles. The molecule has 6 heteroatoms. The number of ketones is 1. The molecule has 1 amide bonds. The van der Waals surface area contributed by atoms with Gasteiger partial charge < -0.3 is 10.1 Å². The van der Waals surface area contributed by atoms with Crippen molar-refractivity contribution in [2.24, 2.45) is 0 Å². The Bertz CT molecular complexity index is 870. The first-order valence-electron chi connectivity index (χ1n) is 9.44. The van der Waals surface area contributed by atoms with Crippen LogP contribution in [0.15, 0.2) is 18.2 Å². The third-order valence-corrected chi connectivity index (χ3v) is 5.04. The summed E-state index contributed by atoms with van der Waals surface area (Å²) in [6.45, 7) is 8.46. The van der Waals surface area contributed by atoms with Gasteiger partial charge in [0, 0.05) is 18.7 Å². The van der Waals surface area contributed by atoms with Crippen molar-refractivity contribution in [1.82, 2.24) is 15.1 Å². The van der Waals surface area contributed by atoms with E-state index in [0.29, 0.717) is 24.2 Å². The fraction of sp³-hybridized carbons (Fsp3) is 0.476. The van der Waals surface area contributed by atoms with Gasteiger partial charge in [-0.25, -0.2) is 0 Å². The topological polar surface area (TPSA) is 73.2 Å². The van der Waals surface area contributed by atoms with Gasteiger partial charge in [0.25, 0.3) is 0 Å². The Morgan fingerprint density at radius 3 is 2.81 bits per heavy atom. The third kappa shape index (κ3) is 4.21. The van der Waals surface area contributed by atoms with Gasteiger partial charge in [0.1, 0.15) is 5.75 Å². The largest absolute Gasteiger partial charge is 0.493 e. The smallest absolute Gasteiger partial charge is 0.222 e. The molecule has 3 rings (SSSR count). The zero-order valence-corrected chi connectivity index (χ0v) is 16.5. The number of amides is 1. The number of aryl methyl sites for hydroxylation is 2. The molecule has 1 aliphatic heterocycles. The lowest BCUT2D eigenvalue weighted by atomic mass is 10.0. The number of Topliss-reactive ketones (excluding diaryl/α,β-unsaturated/α-hetero) is 1. The second-order valence-electron chi connectivity index (χ2n) is 7.27. The monoisotopic (exact) mass is 369 g/mol. The Morgan fingerprint density at radius 1 is 1.33 bits per heavy atom. The molecule has 1 aliphatic rings. The van der Waals surface area contributed by atoms with E-state index in [1.54, 1.807) is 11.6 Å². The predicted molar refractivity (Wildman–Crippen MR) is 103 cm³/mol. The Kier molecular flexibility index (Phi) is 5.63. The fourth-order valence-corrected chi connectivity index (χ4v) is 3.75. The molecule has 1 N–H and O–H groups in total. The minimum atomic E-state index is -0.117. The van der Waals surface area contributed by atoms with Crippen molar-refractivity contribution >= 4 is 11.7 Å². The maximum atomic E-state index is 12.4. The van der Waals surface area contributed by atoms with Crippen molar-refractivity contribution < 1.29 is 14.3 Å². The number of nitrogens with zero attached hydrogens (tertiary/aromatic N) is 2. The SMILES string of the molecule is CC(=O)c1c(C)nn(C(C)CC(=O)NCc2ccc3c(c2)CCCO3)c1C. The Morgan fingerprint density at radius 2 is 2.11 bits per heavy atom. The summed E-state index contributed by atoms with van der Waals surface area (Å²) in [5, 5.41) is 7.44. The van der Waals surface area contributed by atoms with Crippen LogP contribution >= 0.6 is 0 Å². The van der Waals surface area contributed by atoms with Gasteiger partial charge in [0.2, 0.25) is 5.91 Å². The van der Waals surface area contributed by atoms with E-state index < -0.39 is 0 Å². The molecule has 0 radical (unpaired) electrons. The normalized spacial score (nSPS) is 14.2. The van der Waals surface area contributed by atoms with Gasteiger partial charge in [-0.3, -0.25) is 14.3 Å². The molecule has 0 saturated heterocycles. The van der Waals surface area contributed by atoms with Crippen LogP contribution in [0.1, 0.15) is 65.6 Å². The molecular formula is C21H27N3O3. The number of fused-ring (bicyclic) bond motifs is 1. The Balaban J connectivity index is 1.59. The quantitative estimate of drug-likeness (QED) is 0.793. The number of nitrogens with one attached hydrogen (secondary N) is 1. The summed E-state index contributed by atoms with van der Waals surface area (Å²) in [4.78, 5) is 24.1. The molecule has 2 heterocycles. The van der Waals surface area contributed by atoms with Crippen molar-refractivity contribution in [1.29, 1.82) is 0 Å². The average molecular weight is 369 g/mol. The number of hydrogen-bond donors (Lipinski definition) is 1. The minimum Gasteiger partial charge on any atom is -0.493 e. The van der Waals surface area contributed by atoms with Gasteiger partial charge in [-0.05, 0) is 57.7 Å². The predicted octanol–water partition coefficient (Wildman–Crippen LogP) is 3.30. The van der Waals surface area contributed by atoms with Gasteiger partial charge >= 0.3 is 0 Å². The summed E-state index contributed by atoms with van der Waals surface area (Å²) < 4.78 is 7.40. The average Bonchev–Trinajstić information content (AvgIpc) is 2.94. The summed E-state index contributed by atoms with van der Waals surface area (Å²) in [7, 11) is 0. The number of carbonyl (C=O) groups excluding carboxylic acids is 2. The standard InChI is InChI=1S/C21H27N3O3/c1-13(24-15(3)21(16(4)25)14(2)23-24)10-20(26)22-12-17-7-8-19-18(11-17)6-5-9-27-19/h7-8,11,13H,5-6,9-10,12H2,1-4H3,(H,22,26). The zero-order valence-electron chi connectivity index (χ0n) is 16.5. The highest BCUT2D eigenvalue weighted by atomic mass is 16.5. The molecule has 27 heavy (non-hydrogen) atoms. The lowest BCUT2D eigenvalue weighted by molar-refractivity contribution is -0.122. The molecule has 0 aliphatic carbocycles. The van der Waals surface area contributed by atoms with Crippen LogP contribution in [0.4, 0.5) is 0 Å². The number of carbonyl (C=O) groups is 2. The summed E-state index contributed by atoms with van der Waals surface area (Å²) >= 11 is 0. The van der Waals surface area contributed by atoms with Crippen molar-refractivity contribution in [3.8, 4) is 5.75 Å². The van der Waals surface area contributed by atoms with E-state index in [2.05, 4.69) is 16.5 Å². The fourth-order valence-electron chi connectivity index (χ4n) is 3.75. The lowest BCUT2D eigenvalue weighted by Gasteiger charge is -2.18. The van der Waals surface area contributed by atoms with Crippen molar-refractivity contribution in [3.63, 3.8) is 0 Å². The van der Waals surface area contributed by atoms with Crippen molar-refractivity contribution in [3.05, 3.63) is 46.3 Å².